The third-order valence-corrected chi connectivity index (χ3v) is 2.93. The lowest BCUT2D eigenvalue weighted by molar-refractivity contribution is 0.0893. The molecule has 0 unspecified atom stereocenters. The summed E-state index contributed by atoms with van der Waals surface area (Å²) < 4.78 is 14.1. The molecule has 1 aromatic heterocycles. The summed E-state index contributed by atoms with van der Waals surface area (Å²) in [6.07, 6.45) is 1.75. The molecule has 0 aliphatic carbocycles. The van der Waals surface area contributed by atoms with E-state index in [0.29, 0.717) is 13.1 Å². The average molecular weight is 202 g/mol. The summed E-state index contributed by atoms with van der Waals surface area (Å²) in [7, 11) is 0. The first kappa shape index (κ1) is 8.80. The van der Waals surface area contributed by atoms with Gasteiger partial charge in [-0.05, 0) is 23.8 Å². The van der Waals surface area contributed by atoms with Gasteiger partial charge in [0.05, 0.1) is 5.52 Å². The van der Waals surface area contributed by atoms with Crippen LogP contribution in [0.2, 0.25) is 0 Å². The topological polar surface area (TPSA) is 24.9 Å². The van der Waals surface area contributed by atoms with E-state index in [2.05, 4.69) is 10.3 Å². The van der Waals surface area contributed by atoms with Crippen LogP contribution in [0.5, 0.6) is 0 Å². The van der Waals surface area contributed by atoms with Crippen molar-refractivity contribution in [2.75, 3.05) is 13.1 Å². The zero-order valence-electron chi connectivity index (χ0n) is 8.20. The Morgan fingerprint density at radius 2 is 2.13 bits per heavy atom. The Balaban J connectivity index is 2.14. The molecule has 0 spiro atoms. The third-order valence-electron chi connectivity index (χ3n) is 2.93. The highest BCUT2D eigenvalue weighted by molar-refractivity contribution is 5.79. The molecule has 15 heavy (non-hydrogen) atoms. The van der Waals surface area contributed by atoms with Crippen molar-refractivity contribution in [2.24, 2.45) is 0 Å². The summed E-state index contributed by atoms with van der Waals surface area (Å²) in [6.45, 7) is 0.831. The molecule has 76 valence electrons. The lowest BCUT2D eigenvalue weighted by Gasteiger charge is -2.35. The first-order valence-corrected chi connectivity index (χ1v) is 5.03. The maximum absolute atomic E-state index is 14.1. The molecule has 2 heterocycles. The first-order valence-electron chi connectivity index (χ1n) is 5.03. The quantitative estimate of drug-likeness (QED) is 0.765. The van der Waals surface area contributed by atoms with E-state index in [1.54, 1.807) is 6.20 Å². The second-order valence-corrected chi connectivity index (χ2v) is 3.98. The summed E-state index contributed by atoms with van der Waals surface area (Å²) >= 11 is 0. The summed E-state index contributed by atoms with van der Waals surface area (Å²) in [5, 5.41) is 3.96. The molecule has 1 fully saturated rings. The van der Waals surface area contributed by atoms with Gasteiger partial charge in [-0.3, -0.25) is 4.98 Å². The van der Waals surface area contributed by atoms with Crippen molar-refractivity contribution < 1.29 is 4.39 Å². The SMILES string of the molecule is FC1(c2ccc3ncccc3c2)CNC1. The number of rotatable bonds is 1. The van der Waals surface area contributed by atoms with Crippen LogP contribution < -0.4 is 5.32 Å². The van der Waals surface area contributed by atoms with E-state index >= 15 is 0 Å². The number of pyridine rings is 1. The molecule has 0 saturated carbocycles. The fraction of sp³-hybridized carbons (Fsp3) is 0.250. The minimum Gasteiger partial charge on any atom is -0.310 e. The molecule has 1 aliphatic heterocycles. The minimum atomic E-state index is -1.18. The predicted octanol–water partition coefficient (Wildman–Crippen LogP) is 2.00. The van der Waals surface area contributed by atoms with E-state index in [1.165, 1.54) is 0 Å². The second-order valence-electron chi connectivity index (χ2n) is 3.98. The molecule has 3 rings (SSSR count). The molecule has 2 aromatic rings. The Morgan fingerprint density at radius 1 is 1.27 bits per heavy atom. The Labute approximate surface area is 87.1 Å². The van der Waals surface area contributed by atoms with Gasteiger partial charge in [-0.25, -0.2) is 4.39 Å². The molecular formula is C12H11FN2. The Bertz CT molecular complexity index is 506. The first-order chi connectivity index (χ1) is 7.28. The van der Waals surface area contributed by atoms with Crippen molar-refractivity contribution in [1.82, 2.24) is 10.3 Å². The van der Waals surface area contributed by atoms with Gasteiger partial charge in [0.1, 0.15) is 0 Å². The molecule has 1 saturated heterocycles. The predicted molar refractivity (Wildman–Crippen MR) is 57.4 cm³/mol. The van der Waals surface area contributed by atoms with E-state index in [9.17, 15) is 4.39 Å². The third kappa shape index (κ3) is 1.31. The largest absolute Gasteiger partial charge is 0.310 e. The van der Waals surface area contributed by atoms with Gasteiger partial charge in [0.25, 0.3) is 0 Å². The van der Waals surface area contributed by atoms with Crippen molar-refractivity contribution in [1.29, 1.82) is 0 Å². The molecule has 0 radical (unpaired) electrons. The molecule has 1 aromatic carbocycles. The van der Waals surface area contributed by atoms with Gasteiger partial charge in [0.2, 0.25) is 0 Å². The van der Waals surface area contributed by atoms with Gasteiger partial charge in [0, 0.05) is 24.7 Å². The molecule has 0 amide bonds. The summed E-state index contributed by atoms with van der Waals surface area (Å²) in [5.74, 6) is 0. The van der Waals surface area contributed by atoms with Gasteiger partial charge in [-0.1, -0.05) is 12.1 Å². The number of alkyl halides is 1. The lowest BCUT2D eigenvalue weighted by atomic mass is 9.89. The molecule has 1 aliphatic rings. The number of hydrogen-bond donors (Lipinski definition) is 1. The van der Waals surface area contributed by atoms with Crippen LogP contribution in [-0.2, 0) is 5.67 Å². The maximum Gasteiger partial charge on any atom is 0.160 e. The summed E-state index contributed by atoms with van der Waals surface area (Å²) in [6, 6.07) is 9.43. The number of nitrogens with zero attached hydrogens (tertiary/aromatic N) is 1. The molecule has 2 nitrogen and oxygen atoms in total. The zero-order chi connectivity index (χ0) is 10.3. The highest BCUT2D eigenvalue weighted by Crippen LogP contribution is 2.31. The second kappa shape index (κ2) is 3.00. The van der Waals surface area contributed by atoms with Crippen LogP contribution in [0.25, 0.3) is 10.9 Å². The maximum atomic E-state index is 14.1. The lowest BCUT2D eigenvalue weighted by Crippen LogP contribution is -2.53. The van der Waals surface area contributed by atoms with E-state index in [0.717, 1.165) is 16.5 Å². The smallest absolute Gasteiger partial charge is 0.160 e. The fourth-order valence-corrected chi connectivity index (χ4v) is 1.90. The molecule has 3 heteroatoms. The van der Waals surface area contributed by atoms with Crippen molar-refractivity contribution in [3.8, 4) is 0 Å². The average Bonchev–Trinajstić information content (AvgIpc) is 2.25. The standard InChI is InChI=1S/C12H11FN2/c13-12(7-14-8-12)10-3-4-11-9(6-10)2-1-5-15-11/h1-6,14H,7-8H2. The highest BCUT2D eigenvalue weighted by Gasteiger charge is 2.38. The van der Waals surface area contributed by atoms with Crippen LogP contribution in [-0.4, -0.2) is 18.1 Å². The summed E-state index contributed by atoms with van der Waals surface area (Å²) in [4.78, 5) is 4.21. The Morgan fingerprint density at radius 3 is 2.87 bits per heavy atom. The van der Waals surface area contributed by atoms with Crippen LogP contribution in [0.4, 0.5) is 4.39 Å². The Kier molecular flexibility index (Phi) is 1.76. The highest BCUT2D eigenvalue weighted by atomic mass is 19.1. The van der Waals surface area contributed by atoms with Gasteiger partial charge in [-0.15, -0.1) is 0 Å². The fourth-order valence-electron chi connectivity index (χ4n) is 1.90. The van der Waals surface area contributed by atoms with Crippen LogP contribution >= 0.6 is 0 Å². The number of fused-ring (bicyclic) bond motifs is 1. The van der Waals surface area contributed by atoms with Crippen LogP contribution in [0.3, 0.4) is 0 Å². The number of halogens is 1. The van der Waals surface area contributed by atoms with Crippen molar-refractivity contribution in [2.45, 2.75) is 5.67 Å². The van der Waals surface area contributed by atoms with Crippen LogP contribution in [0.15, 0.2) is 36.5 Å². The number of nitrogens with one attached hydrogen (secondary N) is 1. The van der Waals surface area contributed by atoms with Crippen LogP contribution in [0, 0.1) is 0 Å². The number of aromatic nitrogens is 1. The van der Waals surface area contributed by atoms with E-state index in [4.69, 9.17) is 0 Å². The monoisotopic (exact) mass is 202 g/mol. The van der Waals surface area contributed by atoms with E-state index in [-0.39, 0.29) is 0 Å². The number of hydrogen-bond acceptors (Lipinski definition) is 2. The normalized spacial score (nSPS) is 18.7. The van der Waals surface area contributed by atoms with Crippen molar-refractivity contribution in [3.63, 3.8) is 0 Å². The summed E-state index contributed by atoms with van der Waals surface area (Å²) in [5.41, 5.74) is 0.489. The Hall–Kier alpha value is -1.48. The molecule has 0 atom stereocenters. The van der Waals surface area contributed by atoms with Crippen molar-refractivity contribution >= 4 is 10.9 Å². The van der Waals surface area contributed by atoms with Crippen LogP contribution in [0.1, 0.15) is 5.56 Å². The van der Waals surface area contributed by atoms with Gasteiger partial charge in [0.15, 0.2) is 5.67 Å². The molecular weight excluding hydrogens is 191 g/mol. The zero-order valence-corrected chi connectivity index (χ0v) is 8.20. The van der Waals surface area contributed by atoms with Gasteiger partial charge < -0.3 is 5.32 Å². The van der Waals surface area contributed by atoms with Crippen molar-refractivity contribution in [3.05, 3.63) is 42.1 Å². The van der Waals surface area contributed by atoms with Gasteiger partial charge >= 0.3 is 0 Å². The molecule has 0 bridgehead atoms. The minimum absolute atomic E-state index is 0.415. The van der Waals surface area contributed by atoms with E-state index < -0.39 is 5.67 Å². The molecule has 1 N–H and O–H groups in total. The van der Waals surface area contributed by atoms with E-state index in [1.807, 2.05) is 30.3 Å². The number of benzene rings is 1. The van der Waals surface area contributed by atoms with Gasteiger partial charge in [-0.2, -0.15) is 0 Å².